The lowest BCUT2D eigenvalue weighted by atomic mass is 10.1. The van der Waals surface area contributed by atoms with Crippen LogP contribution in [-0.4, -0.2) is 27.2 Å². The number of halogens is 1. The molecule has 1 aromatic heterocycles. The number of aromatic nitrogens is 2. The Morgan fingerprint density at radius 3 is 2.79 bits per heavy atom. The number of nitrogens with zero attached hydrogens (tertiary/aromatic N) is 2. The topological polar surface area (TPSA) is 84.1 Å². The predicted molar refractivity (Wildman–Crippen MR) is 56.2 cm³/mol. The molecule has 0 aliphatic heterocycles. The molecule has 0 radical (unpaired) electrons. The van der Waals surface area contributed by atoms with E-state index in [0.717, 1.165) is 0 Å². The quantitative estimate of drug-likeness (QED) is 0.654. The Kier molecular flexibility index (Phi) is 3.13. The third-order valence-corrected chi connectivity index (χ3v) is 1.99. The van der Waals surface area contributed by atoms with E-state index in [0.29, 0.717) is 5.82 Å². The van der Waals surface area contributed by atoms with Crippen molar-refractivity contribution in [1.29, 1.82) is 0 Å². The van der Waals surface area contributed by atoms with Crippen molar-refractivity contribution in [2.45, 2.75) is 19.4 Å². The number of aliphatic hydroxyl groups excluding tert-OH is 1. The maximum Gasteiger partial charge on any atom is 0.157 e. The molecular formula is C8H13ClN4O. The summed E-state index contributed by atoms with van der Waals surface area (Å²) in [5, 5.41) is 12.2. The van der Waals surface area contributed by atoms with E-state index < -0.39 is 5.54 Å². The molecule has 0 aliphatic carbocycles. The van der Waals surface area contributed by atoms with Crippen molar-refractivity contribution in [3.63, 3.8) is 0 Å². The van der Waals surface area contributed by atoms with Crippen LogP contribution in [0, 0.1) is 0 Å². The number of nitrogens with one attached hydrogen (secondary N) is 1. The summed E-state index contributed by atoms with van der Waals surface area (Å²) in [5.41, 5.74) is 5.44. The minimum Gasteiger partial charge on any atom is -0.394 e. The maximum absolute atomic E-state index is 9.04. The number of rotatable bonds is 3. The molecule has 14 heavy (non-hydrogen) atoms. The lowest BCUT2D eigenvalue weighted by Gasteiger charge is -2.24. The van der Waals surface area contributed by atoms with Crippen molar-refractivity contribution in [2.75, 3.05) is 17.7 Å². The molecule has 6 heteroatoms. The minimum absolute atomic E-state index is 0.0337. The lowest BCUT2D eigenvalue weighted by Crippen LogP contribution is -2.35. The maximum atomic E-state index is 9.04. The number of hydrogen-bond acceptors (Lipinski definition) is 5. The van der Waals surface area contributed by atoms with E-state index in [1.807, 2.05) is 13.8 Å². The smallest absolute Gasteiger partial charge is 0.157 e. The zero-order valence-corrected chi connectivity index (χ0v) is 8.84. The Bertz CT molecular complexity index is 329. The Labute approximate surface area is 87.3 Å². The Morgan fingerprint density at radius 2 is 2.21 bits per heavy atom. The highest BCUT2D eigenvalue weighted by molar-refractivity contribution is 6.32. The molecule has 4 N–H and O–H groups in total. The van der Waals surface area contributed by atoms with Crippen LogP contribution in [0.5, 0.6) is 0 Å². The minimum atomic E-state index is -0.494. The third kappa shape index (κ3) is 2.46. The lowest BCUT2D eigenvalue weighted by molar-refractivity contribution is 0.234. The average molecular weight is 217 g/mol. The molecule has 0 aliphatic rings. The molecule has 1 aromatic rings. The molecule has 5 nitrogen and oxygen atoms in total. The van der Waals surface area contributed by atoms with Gasteiger partial charge < -0.3 is 16.2 Å². The van der Waals surface area contributed by atoms with Crippen LogP contribution < -0.4 is 11.1 Å². The van der Waals surface area contributed by atoms with Crippen LogP contribution in [0.3, 0.4) is 0 Å². The van der Waals surface area contributed by atoms with Crippen LogP contribution in [0.2, 0.25) is 5.15 Å². The first kappa shape index (κ1) is 11.0. The second-order valence-electron chi connectivity index (χ2n) is 3.59. The fraction of sp³-hybridized carbons (Fsp3) is 0.500. The number of nitrogen functional groups attached to an aromatic ring is 1. The Balaban J connectivity index is 2.92. The van der Waals surface area contributed by atoms with Gasteiger partial charge in [0.15, 0.2) is 11.0 Å². The van der Waals surface area contributed by atoms with Crippen molar-refractivity contribution in [3.05, 3.63) is 11.5 Å². The summed E-state index contributed by atoms with van der Waals surface area (Å²) in [6.07, 6.45) is 1.31. The van der Waals surface area contributed by atoms with Gasteiger partial charge in [-0.15, -0.1) is 0 Å². The molecule has 0 unspecified atom stereocenters. The van der Waals surface area contributed by atoms with Gasteiger partial charge in [-0.2, -0.15) is 0 Å². The van der Waals surface area contributed by atoms with Crippen molar-refractivity contribution in [3.8, 4) is 0 Å². The van der Waals surface area contributed by atoms with E-state index in [2.05, 4.69) is 15.3 Å². The normalized spacial score (nSPS) is 11.4. The van der Waals surface area contributed by atoms with Crippen molar-refractivity contribution in [1.82, 2.24) is 9.97 Å². The number of aliphatic hydroxyl groups is 1. The van der Waals surface area contributed by atoms with Gasteiger partial charge in [0.1, 0.15) is 12.0 Å². The van der Waals surface area contributed by atoms with Crippen LogP contribution >= 0.6 is 11.6 Å². The van der Waals surface area contributed by atoms with Crippen LogP contribution in [-0.2, 0) is 0 Å². The summed E-state index contributed by atoms with van der Waals surface area (Å²) in [6, 6.07) is 0. The van der Waals surface area contributed by atoms with E-state index in [9.17, 15) is 0 Å². The molecule has 0 saturated heterocycles. The molecule has 0 bridgehead atoms. The van der Waals surface area contributed by atoms with Crippen molar-refractivity contribution < 1.29 is 5.11 Å². The second-order valence-corrected chi connectivity index (χ2v) is 3.95. The highest BCUT2D eigenvalue weighted by Gasteiger charge is 2.18. The molecule has 0 atom stereocenters. The van der Waals surface area contributed by atoms with Crippen LogP contribution in [0.4, 0.5) is 11.5 Å². The van der Waals surface area contributed by atoms with Gasteiger partial charge in [0, 0.05) is 0 Å². The molecule has 0 fully saturated rings. The molecular weight excluding hydrogens is 204 g/mol. The zero-order valence-electron chi connectivity index (χ0n) is 8.08. The highest BCUT2D eigenvalue weighted by Crippen LogP contribution is 2.24. The van der Waals surface area contributed by atoms with Gasteiger partial charge in [-0.25, -0.2) is 9.97 Å². The van der Waals surface area contributed by atoms with Gasteiger partial charge in [0.2, 0.25) is 0 Å². The first-order valence-corrected chi connectivity index (χ1v) is 4.49. The molecule has 0 amide bonds. The van der Waals surface area contributed by atoms with Crippen molar-refractivity contribution >= 4 is 23.1 Å². The van der Waals surface area contributed by atoms with E-state index >= 15 is 0 Å². The molecule has 0 saturated carbocycles. The predicted octanol–water partition coefficient (Wildman–Crippen LogP) is 0.895. The van der Waals surface area contributed by atoms with Crippen LogP contribution in [0.15, 0.2) is 6.33 Å². The Morgan fingerprint density at radius 1 is 1.57 bits per heavy atom. The number of hydrogen-bond donors (Lipinski definition) is 3. The third-order valence-electron chi connectivity index (χ3n) is 1.69. The second kappa shape index (κ2) is 3.98. The van der Waals surface area contributed by atoms with E-state index in [1.54, 1.807) is 0 Å². The molecule has 78 valence electrons. The summed E-state index contributed by atoms with van der Waals surface area (Å²) in [5.74, 6) is 0.434. The summed E-state index contributed by atoms with van der Waals surface area (Å²) in [4.78, 5) is 7.65. The zero-order chi connectivity index (χ0) is 10.8. The van der Waals surface area contributed by atoms with Gasteiger partial charge in [-0.1, -0.05) is 11.6 Å². The molecule has 0 aromatic carbocycles. The van der Waals surface area contributed by atoms with Crippen LogP contribution in [0.1, 0.15) is 13.8 Å². The summed E-state index contributed by atoms with van der Waals surface area (Å²) < 4.78 is 0. The fourth-order valence-electron chi connectivity index (χ4n) is 0.834. The largest absolute Gasteiger partial charge is 0.394 e. The van der Waals surface area contributed by atoms with Crippen molar-refractivity contribution in [2.24, 2.45) is 0 Å². The Hall–Kier alpha value is -1.07. The number of anilines is 2. The van der Waals surface area contributed by atoms with Gasteiger partial charge in [0.05, 0.1) is 12.1 Å². The average Bonchev–Trinajstić information content (AvgIpc) is 2.13. The fourth-order valence-corrected chi connectivity index (χ4v) is 0.967. The van der Waals surface area contributed by atoms with Crippen LogP contribution in [0.25, 0.3) is 0 Å². The number of nitrogens with two attached hydrogens (primary N) is 1. The molecule has 1 heterocycles. The monoisotopic (exact) mass is 216 g/mol. The standard InChI is InChI=1S/C8H13ClN4O/c1-8(2,3-14)13-7-5(10)6(9)11-4-12-7/h4,14H,3,10H2,1-2H3,(H,11,12,13). The SMILES string of the molecule is CC(C)(CO)Nc1ncnc(Cl)c1N. The summed E-state index contributed by atoms with van der Waals surface area (Å²) in [7, 11) is 0. The molecule has 0 spiro atoms. The first-order valence-electron chi connectivity index (χ1n) is 4.11. The van der Waals surface area contributed by atoms with E-state index in [-0.39, 0.29) is 17.4 Å². The van der Waals surface area contributed by atoms with Gasteiger partial charge in [0.25, 0.3) is 0 Å². The van der Waals surface area contributed by atoms with E-state index in [4.69, 9.17) is 22.4 Å². The van der Waals surface area contributed by atoms with Gasteiger partial charge in [-0.3, -0.25) is 0 Å². The first-order chi connectivity index (χ1) is 6.46. The van der Waals surface area contributed by atoms with E-state index in [1.165, 1.54) is 6.33 Å². The highest BCUT2D eigenvalue weighted by atomic mass is 35.5. The summed E-state index contributed by atoms with van der Waals surface area (Å²) >= 11 is 5.71. The summed E-state index contributed by atoms with van der Waals surface area (Å²) in [6.45, 7) is 3.61. The van der Waals surface area contributed by atoms with Gasteiger partial charge >= 0.3 is 0 Å². The van der Waals surface area contributed by atoms with Gasteiger partial charge in [-0.05, 0) is 13.8 Å². The molecule has 1 rings (SSSR count).